The van der Waals surface area contributed by atoms with Gasteiger partial charge in [-0.05, 0) is 25.5 Å². The van der Waals surface area contributed by atoms with Crippen LogP contribution in [-0.2, 0) is 13.0 Å². The summed E-state index contributed by atoms with van der Waals surface area (Å²) in [6.07, 6.45) is 1.80. The third kappa shape index (κ3) is 3.67. The fourth-order valence-corrected chi connectivity index (χ4v) is 1.68. The topological polar surface area (TPSA) is 51.0 Å². The first-order chi connectivity index (χ1) is 8.78. The van der Waals surface area contributed by atoms with Crippen molar-refractivity contribution in [1.82, 2.24) is 15.5 Å². The van der Waals surface area contributed by atoms with E-state index in [0.29, 0.717) is 24.7 Å². The Morgan fingerprint density at radius 3 is 2.56 bits per heavy atom. The smallest absolute Gasteiger partial charge is 0.230 e. The number of nitrogens with one attached hydrogen (secondary N) is 1. The molecular weight excluding hydrogens is 226 g/mol. The number of aryl methyl sites for hydroxylation is 1. The van der Waals surface area contributed by atoms with Gasteiger partial charge in [0.05, 0.1) is 13.0 Å². The Balaban J connectivity index is 1.91. The van der Waals surface area contributed by atoms with E-state index in [1.807, 2.05) is 0 Å². The van der Waals surface area contributed by atoms with Gasteiger partial charge in [0.2, 0.25) is 11.8 Å². The quantitative estimate of drug-likeness (QED) is 0.794. The van der Waals surface area contributed by atoms with E-state index in [1.165, 1.54) is 11.1 Å². The molecule has 0 aliphatic heterocycles. The second kappa shape index (κ2) is 6.31. The van der Waals surface area contributed by atoms with Gasteiger partial charge in [0, 0.05) is 0 Å². The lowest BCUT2D eigenvalue weighted by atomic mass is 10.1. The maximum atomic E-state index is 5.58. The van der Waals surface area contributed by atoms with Crippen molar-refractivity contribution in [3.8, 4) is 0 Å². The molecule has 96 valence electrons. The van der Waals surface area contributed by atoms with Gasteiger partial charge in [0.1, 0.15) is 0 Å². The minimum Gasteiger partial charge on any atom is -0.424 e. The molecule has 0 bridgehead atoms. The lowest BCUT2D eigenvalue weighted by Crippen LogP contribution is -2.13. The lowest BCUT2D eigenvalue weighted by molar-refractivity contribution is 0.439. The molecule has 1 N–H and O–H groups in total. The van der Waals surface area contributed by atoms with Gasteiger partial charge in [-0.15, -0.1) is 10.2 Å². The maximum absolute atomic E-state index is 5.58. The molecule has 0 amide bonds. The van der Waals surface area contributed by atoms with E-state index in [2.05, 4.69) is 53.6 Å². The number of benzene rings is 1. The first-order valence-electron chi connectivity index (χ1n) is 6.35. The molecule has 0 saturated heterocycles. The maximum Gasteiger partial charge on any atom is 0.230 e. The minimum absolute atomic E-state index is 0.648. The van der Waals surface area contributed by atoms with Crippen LogP contribution in [0.3, 0.4) is 0 Å². The summed E-state index contributed by atoms with van der Waals surface area (Å²) in [7, 11) is 0. The summed E-state index contributed by atoms with van der Waals surface area (Å²) in [6.45, 7) is 5.82. The second-order valence-electron chi connectivity index (χ2n) is 4.43. The van der Waals surface area contributed by atoms with Gasteiger partial charge in [0.25, 0.3) is 0 Å². The van der Waals surface area contributed by atoms with Crippen LogP contribution in [0, 0.1) is 6.92 Å². The summed E-state index contributed by atoms with van der Waals surface area (Å²) in [4.78, 5) is 0. The highest BCUT2D eigenvalue weighted by molar-refractivity contribution is 5.23. The Labute approximate surface area is 107 Å². The zero-order valence-electron chi connectivity index (χ0n) is 10.9. The van der Waals surface area contributed by atoms with Crippen molar-refractivity contribution in [2.75, 3.05) is 6.54 Å². The Bertz CT molecular complexity index is 476. The molecule has 2 rings (SSSR count). The molecule has 0 spiro atoms. The summed E-state index contributed by atoms with van der Waals surface area (Å²) < 4.78 is 5.58. The highest BCUT2D eigenvalue weighted by Crippen LogP contribution is 2.09. The van der Waals surface area contributed by atoms with Crippen LogP contribution in [0.15, 0.2) is 28.7 Å². The van der Waals surface area contributed by atoms with Gasteiger partial charge in [-0.1, -0.05) is 36.8 Å². The van der Waals surface area contributed by atoms with Crippen molar-refractivity contribution in [2.24, 2.45) is 0 Å². The largest absolute Gasteiger partial charge is 0.424 e. The Morgan fingerprint density at radius 1 is 1.11 bits per heavy atom. The summed E-state index contributed by atoms with van der Waals surface area (Å²) >= 11 is 0. The number of hydrogen-bond acceptors (Lipinski definition) is 4. The standard InChI is InChI=1S/C14H19N3O/c1-3-8-15-10-14-17-16-13(18-14)9-12-6-4-11(2)5-7-12/h4-7,15H,3,8-10H2,1-2H3. The molecular formula is C14H19N3O. The molecule has 0 aliphatic carbocycles. The van der Waals surface area contributed by atoms with Gasteiger partial charge >= 0.3 is 0 Å². The van der Waals surface area contributed by atoms with Gasteiger partial charge in [0.15, 0.2) is 0 Å². The Hall–Kier alpha value is -1.68. The number of hydrogen-bond donors (Lipinski definition) is 1. The van der Waals surface area contributed by atoms with Crippen LogP contribution in [0.2, 0.25) is 0 Å². The molecule has 18 heavy (non-hydrogen) atoms. The minimum atomic E-state index is 0.648. The van der Waals surface area contributed by atoms with E-state index in [1.54, 1.807) is 0 Å². The first kappa shape index (κ1) is 12.8. The van der Waals surface area contributed by atoms with Crippen LogP contribution in [0.1, 0.15) is 36.3 Å². The molecule has 1 aromatic carbocycles. The zero-order chi connectivity index (χ0) is 12.8. The van der Waals surface area contributed by atoms with Crippen molar-refractivity contribution in [3.05, 3.63) is 47.2 Å². The van der Waals surface area contributed by atoms with Crippen LogP contribution in [0.4, 0.5) is 0 Å². The molecule has 2 aromatic rings. The van der Waals surface area contributed by atoms with Crippen LogP contribution in [0.5, 0.6) is 0 Å². The monoisotopic (exact) mass is 245 g/mol. The fourth-order valence-electron chi connectivity index (χ4n) is 1.68. The van der Waals surface area contributed by atoms with Crippen LogP contribution < -0.4 is 5.32 Å². The summed E-state index contributed by atoms with van der Waals surface area (Å²) in [5.41, 5.74) is 2.45. The fraction of sp³-hybridized carbons (Fsp3) is 0.429. The molecule has 0 saturated carbocycles. The highest BCUT2D eigenvalue weighted by Gasteiger charge is 2.06. The molecule has 0 fully saturated rings. The van der Waals surface area contributed by atoms with Crippen LogP contribution >= 0.6 is 0 Å². The van der Waals surface area contributed by atoms with Gasteiger partial charge in [-0.25, -0.2) is 0 Å². The Kier molecular flexibility index (Phi) is 4.47. The normalized spacial score (nSPS) is 10.8. The van der Waals surface area contributed by atoms with Crippen LogP contribution in [0.25, 0.3) is 0 Å². The third-order valence-electron chi connectivity index (χ3n) is 2.69. The van der Waals surface area contributed by atoms with E-state index in [0.717, 1.165) is 13.0 Å². The molecule has 0 radical (unpaired) electrons. The third-order valence-corrected chi connectivity index (χ3v) is 2.69. The van der Waals surface area contributed by atoms with Crippen LogP contribution in [-0.4, -0.2) is 16.7 Å². The molecule has 0 atom stereocenters. The van der Waals surface area contributed by atoms with E-state index >= 15 is 0 Å². The molecule has 1 heterocycles. The molecule has 0 aliphatic rings. The number of nitrogens with zero attached hydrogens (tertiary/aromatic N) is 2. The predicted octanol–water partition coefficient (Wildman–Crippen LogP) is 2.47. The zero-order valence-corrected chi connectivity index (χ0v) is 10.9. The average molecular weight is 245 g/mol. The van der Waals surface area contributed by atoms with Crippen molar-refractivity contribution in [2.45, 2.75) is 33.2 Å². The predicted molar refractivity (Wildman–Crippen MR) is 70.3 cm³/mol. The van der Waals surface area contributed by atoms with E-state index < -0.39 is 0 Å². The van der Waals surface area contributed by atoms with Crippen molar-refractivity contribution >= 4 is 0 Å². The van der Waals surface area contributed by atoms with Crippen molar-refractivity contribution < 1.29 is 4.42 Å². The van der Waals surface area contributed by atoms with Crippen molar-refractivity contribution in [3.63, 3.8) is 0 Å². The van der Waals surface area contributed by atoms with Gasteiger partial charge in [-0.2, -0.15) is 0 Å². The molecule has 4 heteroatoms. The van der Waals surface area contributed by atoms with E-state index in [4.69, 9.17) is 4.42 Å². The van der Waals surface area contributed by atoms with Crippen molar-refractivity contribution in [1.29, 1.82) is 0 Å². The second-order valence-corrected chi connectivity index (χ2v) is 4.43. The average Bonchev–Trinajstić information content (AvgIpc) is 2.80. The molecule has 0 unspecified atom stereocenters. The first-order valence-corrected chi connectivity index (χ1v) is 6.35. The van der Waals surface area contributed by atoms with Gasteiger partial charge in [-0.3, -0.25) is 0 Å². The lowest BCUT2D eigenvalue weighted by Gasteiger charge is -1.98. The van der Waals surface area contributed by atoms with E-state index in [9.17, 15) is 0 Å². The highest BCUT2D eigenvalue weighted by atomic mass is 16.4. The Morgan fingerprint density at radius 2 is 1.83 bits per heavy atom. The summed E-state index contributed by atoms with van der Waals surface area (Å²) in [5.74, 6) is 1.33. The molecule has 4 nitrogen and oxygen atoms in total. The van der Waals surface area contributed by atoms with E-state index in [-0.39, 0.29) is 0 Å². The summed E-state index contributed by atoms with van der Waals surface area (Å²) in [6, 6.07) is 8.37. The molecule has 1 aromatic heterocycles. The number of aromatic nitrogens is 2. The van der Waals surface area contributed by atoms with Gasteiger partial charge < -0.3 is 9.73 Å². The number of rotatable bonds is 6. The summed E-state index contributed by atoms with van der Waals surface area (Å²) in [5, 5.41) is 11.3. The SMILES string of the molecule is CCCNCc1nnc(Cc2ccc(C)cc2)o1.